The van der Waals surface area contributed by atoms with Crippen LogP contribution in [0.4, 0.5) is 13.2 Å². The summed E-state index contributed by atoms with van der Waals surface area (Å²) in [5.41, 5.74) is -1.71. The molecule has 1 fully saturated rings. The molecule has 1 atom stereocenters. The summed E-state index contributed by atoms with van der Waals surface area (Å²) in [5.74, 6) is -1.99. The van der Waals surface area contributed by atoms with Gasteiger partial charge >= 0.3 is 6.18 Å². The second-order valence-electron chi connectivity index (χ2n) is 6.10. The number of nitrogens with zero attached hydrogens (tertiary/aromatic N) is 3. The monoisotopic (exact) mass is 291 g/mol. The first-order valence-electron chi connectivity index (χ1n) is 6.16. The van der Waals surface area contributed by atoms with Gasteiger partial charge in [-0.3, -0.25) is 4.79 Å². The van der Waals surface area contributed by atoms with E-state index < -0.39 is 28.9 Å². The van der Waals surface area contributed by atoms with Crippen LogP contribution in [0.5, 0.6) is 0 Å². The Labute approximate surface area is 114 Å². The lowest BCUT2D eigenvalue weighted by molar-refractivity contribution is -0.0888. The molecule has 0 aliphatic carbocycles. The highest BCUT2D eigenvalue weighted by Crippen LogP contribution is 2.44. The number of rotatable bonds is 2. The second-order valence-corrected chi connectivity index (χ2v) is 6.10. The molecule has 0 N–H and O–H groups in total. The molecular formula is C12H16F3N3O2. The molecule has 0 aromatic carbocycles. The Bertz CT molecular complexity index is 534. The summed E-state index contributed by atoms with van der Waals surface area (Å²) in [4.78, 5) is 11.1. The predicted molar refractivity (Wildman–Crippen MR) is 63.3 cm³/mol. The van der Waals surface area contributed by atoms with Crippen LogP contribution in [-0.2, 0) is 4.74 Å². The Morgan fingerprint density at radius 3 is 2.45 bits per heavy atom. The van der Waals surface area contributed by atoms with E-state index in [1.165, 1.54) is 4.68 Å². The van der Waals surface area contributed by atoms with Gasteiger partial charge in [-0.25, -0.2) is 4.68 Å². The van der Waals surface area contributed by atoms with E-state index in [4.69, 9.17) is 4.74 Å². The van der Waals surface area contributed by atoms with E-state index in [0.717, 1.165) is 6.20 Å². The molecule has 0 spiro atoms. The smallest absolute Gasteiger partial charge is 0.367 e. The van der Waals surface area contributed by atoms with E-state index in [1.54, 1.807) is 0 Å². The zero-order valence-corrected chi connectivity index (χ0v) is 11.7. The summed E-state index contributed by atoms with van der Waals surface area (Å²) in [5, 5.41) is 6.99. The van der Waals surface area contributed by atoms with Crippen molar-refractivity contribution in [1.29, 1.82) is 0 Å². The van der Waals surface area contributed by atoms with Crippen LogP contribution in [0.3, 0.4) is 0 Å². The van der Waals surface area contributed by atoms with Crippen LogP contribution >= 0.6 is 0 Å². The number of hydrogen-bond acceptors (Lipinski definition) is 4. The topological polar surface area (TPSA) is 57.0 Å². The second kappa shape index (κ2) is 4.28. The van der Waals surface area contributed by atoms with Gasteiger partial charge in [0.05, 0.1) is 23.4 Å². The van der Waals surface area contributed by atoms with Gasteiger partial charge in [-0.15, -0.1) is 5.10 Å². The average molecular weight is 291 g/mol. The van der Waals surface area contributed by atoms with Crippen molar-refractivity contribution in [2.75, 3.05) is 0 Å². The summed E-state index contributed by atoms with van der Waals surface area (Å²) in [7, 11) is 0. The Morgan fingerprint density at radius 1 is 1.40 bits per heavy atom. The lowest BCUT2D eigenvalue weighted by Crippen LogP contribution is -2.31. The molecule has 1 aromatic heterocycles. The van der Waals surface area contributed by atoms with Gasteiger partial charge in [0.25, 0.3) is 5.78 Å². The van der Waals surface area contributed by atoms with Crippen LogP contribution in [-0.4, -0.2) is 38.2 Å². The molecule has 1 aliphatic heterocycles. The van der Waals surface area contributed by atoms with Crippen molar-refractivity contribution >= 4 is 5.78 Å². The maximum atomic E-state index is 12.3. The summed E-state index contributed by atoms with van der Waals surface area (Å²) in [6, 6.07) is -0.278. The molecule has 0 bridgehead atoms. The van der Waals surface area contributed by atoms with Crippen LogP contribution in [0.25, 0.3) is 0 Å². The molecule has 1 aliphatic rings. The Morgan fingerprint density at radius 2 is 2.00 bits per heavy atom. The summed E-state index contributed by atoms with van der Waals surface area (Å²) in [6.45, 7) is 7.46. The molecule has 0 saturated carbocycles. The van der Waals surface area contributed by atoms with Crippen molar-refractivity contribution in [2.24, 2.45) is 0 Å². The van der Waals surface area contributed by atoms with Crippen molar-refractivity contribution in [3.8, 4) is 0 Å². The van der Waals surface area contributed by atoms with Gasteiger partial charge in [0.2, 0.25) is 0 Å². The largest absolute Gasteiger partial charge is 0.456 e. The van der Waals surface area contributed by atoms with Crippen LogP contribution in [0, 0.1) is 0 Å². The lowest BCUT2D eigenvalue weighted by atomic mass is 9.95. The fourth-order valence-electron chi connectivity index (χ4n) is 2.62. The third-order valence-corrected chi connectivity index (χ3v) is 3.35. The first-order chi connectivity index (χ1) is 8.92. The van der Waals surface area contributed by atoms with Crippen molar-refractivity contribution in [1.82, 2.24) is 15.0 Å². The average Bonchev–Trinajstić information content (AvgIpc) is 2.77. The van der Waals surface area contributed by atoms with Crippen LogP contribution < -0.4 is 0 Å². The maximum Gasteiger partial charge on any atom is 0.456 e. The number of hydrogen-bond donors (Lipinski definition) is 0. The molecule has 112 valence electrons. The molecular weight excluding hydrogens is 275 g/mol. The molecule has 1 aromatic rings. The normalized spacial score (nSPS) is 24.9. The Hall–Kier alpha value is -1.44. The molecule has 2 rings (SSSR count). The number of aromatic nitrogens is 3. The molecule has 2 heterocycles. The summed E-state index contributed by atoms with van der Waals surface area (Å²) < 4.78 is 44.2. The third-order valence-electron chi connectivity index (χ3n) is 3.35. The fourth-order valence-corrected chi connectivity index (χ4v) is 2.62. The van der Waals surface area contributed by atoms with Gasteiger partial charge in [-0.1, -0.05) is 5.21 Å². The SMILES string of the molecule is CC1(C)CC(n2cc(C(=O)C(F)(F)F)nn2)C(C)(C)O1. The fraction of sp³-hybridized carbons (Fsp3) is 0.750. The van der Waals surface area contributed by atoms with Crippen LogP contribution in [0.1, 0.15) is 50.6 Å². The third kappa shape index (κ3) is 2.70. The van der Waals surface area contributed by atoms with Crippen molar-refractivity contribution in [3.63, 3.8) is 0 Å². The number of alkyl halides is 3. The highest BCUT2D eigenvalue weighted by molar-refractivity contribution is 5.98. The van der Waals surface area contributed by atoms with Gasteiger partial charge < -0.3 is 4.74 Å². The van der Waals surface area contributed by atoms with Gasteiger partial charge in [-0.2, -0.15) is 13.2 Å². The van der Waals surface area contributed by atoms with Gasteiger partial charge in [-0.05, 0) is 27.7 Å². The lowest BCUT2D eigenvalue weighted by Gasteiger charge is -2.26. The molecule has 5 nitrogen and oxygen atoms in total. The van der Waals surface area contributed by atoms with E-state index in [9.17, 15) is 18.0 Å². The molecule has 1 saturated heterocycles. The van der Waals surface area contributed by atoms with E-state index in [0.29, 0.717) is 6.42 Å². The number of carbonyl (C=O) groups is 1. The first kappa shape index (κ1) is 15.0. The minimum atomic E-state index is -4.94. The van der Waals surface area contributed by atoms with Gasteiger partial charge in [0, 0.05) is 6.42 Å². The van der Waals surface area contributed by atoms with E-state index in [2.05, 4.69) is 10.3 Å². The molecule has 0 radical (unpaired) electrons. The number of Topliss-reactive ketones (excluding diaryl/α,β-unsaturated/α-hetero) is 1. The predicted octanol–water partition coefficient (Wildman–Crippen LogP) is 2.54. The van der Waals surface area contributed by atoms with Crippen molar-refractivity contribution in [3.05, 3.63) is 11.9 Å². The van der Waals surface area contributed by atoms with Gasteiger partial charge in [0.15, 0.2) is 5.69 Å². The molecule has 20 heavy (non-hydrogen) atoms. The minimum absolute atomic E-state index is 0.278. The quantitative estimate of drug-likeness (QED) is 0.786. The van der Waals surface area contributed by atoms with E-state index >= 15 is 0 Å². The number of carbonyl (C=O) groups excluding carboxylic acids is 1. The molecule has 8 heteroatoms. The number of halogens is 3. The van der Waals surface area contributed by atoms with E-state index in [-0.39, 0.29) is 6.04 Å². The summed E-state index contributed by atoms with van der Waals surface area (Å²) >= 11 is 0. The Kier molecular flexibility index (Phi) is 3.20. The zero-order valence-electron chi connectivity index (χ0n) is 11.7. The van der Waals surface area contributed by atoms with Crippen LogP contribution in [0.2, 0.25) is 0 Å². The minimum Gasteiger partial charge on any atom is -0.367 e. The number of ether oxygens (including phenoxy) is 1. The zero-order chi connectivity index (χ0) is 15.3. The Balaban J connectivity index is 2.28. The molecule has 1 unspecified atom stereocenters. The summed E-state index contributed by atoms with van der Waals surface area (Å²) in [6.07, 6.45) is -3.34. The maximum absolute atomic E-state index is 12.3. The van der Waals surface area contributed by atoms with Crippen molar-refractivity contribution < 1.29 is 22.7 Å². The van der Waals surface area contributed by atoms with Crippen molar-refractivity contribution in [2.45, 2.75) is 57.5 Å². The van der Waals surface area contributed by atoms with Crippen LogP contribution in [0.15, 0.2) is 6.20 Å². The number of ketones is 1. The standard InChI is InChI=1S/C12H16F3N3O2/c1-10(2)5-8(11(3,4)20-10)18-6-7(16-17-18)9(19)12(13,14)15/h6,8H,5H2,1-4H3. The van der Waals surface area contributed by atoms with Gasteiger partial charge in [0.1, 0.15) is 0 Å². The molecule has 0 amide bonds. The van der Waals surface area contributed by atoms with E-state index in [1.807, 2.05) is 27.7 Å². The highest BCUT2D eigenvalue weighted by atomic mass is 19.4. The first-order valence-corrected chi connectivity index (χ1v) is 6.16. The highest BCUT2D eigenvalue weighted by Gasteiger charge is 2.48.